The predicted molar refractivity (Wildman–Crippen MR) is 113 cm³/mol. The fourth-order valence-electron chi connectivity index (χ4n) is 5.27. The van der Waals surface area contributed by atoms with Crippen LogP contribution in [0.3, 0.4) is 0 Å². The van der Waals surface area contributed by atoms with E-state index < -0.39 is 9.84 Å². The van der Waals surface area contributed by atoms with E-state index in [9.17, 15) is 18.0 Å². The van der Waals surface area contributed by atoms with Crippen molar-refractivity contribution < 1.29 is 13.2 Å². The molecule has 160 valence electrons. The third-order valence-corrected chi connectivity index (χ3v) is 8.63. The van der Waals surface area contributed by atoms with Gasteiger partial charge in [0.15, 0.2) is 9.84 Å². The van der Waals surface area contributed by atoms with Gasteiger partial charge in [0, 0.05) is 25.0 Å². The van der Waals surface area contributed by atoms with Crippen LogP contribution in [0.4, 0.5) is 0 Å². The lowest BCUT2D eigenvalue weighted by Gasteiger charge is -2.31. The molecule has 3 aliphatic rings. The number of hydrogen-bond acceptors (Lipinski definition) is 6. The third kappa shape index (κ3) is 3.33. The number of amides is 1. The lowest BCUT2D eigenvalue weighted by Crippen LogP contribution is -2.48. The van der Waals surface area contributed by atoms with Gasteiger partial charge in [0.1, 0.15) is 5.82 Å². The number of para-hydroxylation sites is 1. The van der Waals surface area contributed by atoms with Crippen LogP contribution in [0.5, 0.6) is 0 Å². The minimum Gasteiger partial charge on any atom is -0.333 e. The Labute approximate surface area is 175 Å². The summed E-state index contributed by atoms with van der Waals surface area (Å²) in [7, 11) is -1.16. The Morgan fingerprint density at radius 3 is 2.73 bits per heavy atom. The zero-order valence-electron chi connectivity index (χ0n) is 17.0. The zero-order chi connectivity index (χ0) is 21.0. The SMILES string of the molecule is CN(CC(=O)N1[C@H]2CC[C@H]1Cn1c(nc3ccccc3c1=O)C2)[C@H]1CCS(=O)(=O)C1. The Balaban J connectivity index is 1.39. The number of sulfone groups is 1. The van der Waals surface area contributed by atoms with Gasteiger partial charge in [-0.3, -0.25) is 19.1 Å². The van der Waals surface area contributed by atoms with Gasteiger partial charge >= 0.3 is 0 Å². The number of nitrogens with zero attached hydrogens (tertiary/aromatic N) is 4. The number of likely N-dealkylation sites (N-methyl/N-ethyl adjacent to an activating group) is 1. The Morgan fingerprint density at radius 1 is 1.20 bits per heavy atom. The molecule has 2 fully saturated rings. The van der Waals surface area contributed by atoms with E-state index in [-0.39, 0.29) is 47.6 Å². The normalized spacial score (nSPS) is 27.4. The first-order valence-electron chi connectivity index (χ1n) is 10.5. The summed E-state index contributed by atoms with van der Waals surface area (Å²) in [6.07, 6.45) is 2.93. The van der Waals surface area contributed by atoms with Crippen molar-refractivity contribution in [2.75, 3.05) is 25.1 Å². The van der Waals surface area contributed by atoms with Crippen molar-refractivity contribution >= 4 is 26.6 Å². The van der Waals surface area contributed by atoms with Crippen molar-refractivity contribution in [2.24, 2.45) is 0 Å². The average Bonchev–Trinajstić information content (AvgIpc) is 3.21. The summed E-state index contributed by atoms with van der Waals surface area (Å²) in [5.41, 5.74) is 0.662. The standard InChI is InChI=1S/C21H26N4O4S/c1-23(16-8-9-30(28,29)13-16)12-20(26)25-14-6-7-15(25)11-24-19(10-14)22-18-5-3-2-4-17(18)21(24)27/h2-5,14-16H,6-13H2,1H3/t14-,15-,16-/m0/s1. The van der Waals surface area contributed by atoms with Crippen LogP contribution in [0.2, 0.25) is 0 Å². The number of rotatable bonds is 3. The molecule has 0 aliphatic carbocycles. The molecule has 2 bridgehead atoms. The van der Waals surface area contributed by atoms with E-state index >= 15 is 0 Å². The average molecular weight is 431 g/mol. The highest BCUT2D eigenvalue weighted by atomic mass is 32.2. The van der Waals surface area contributed by atoms with Gasteiger partial charge in [-0.25, -0.2) is 13.4 Å². The molecule has 1 aromatic heterocycles. The lowest BCUT2D eigenvalue weighted by atomic mass is 10.1. The van der Waals surface area contributed by atoms with Crippen LogP contribution in [-0.2, 0) is 27.6 Å². The maximum absolute atomic E-state index is 13.2. The Hall–Kier alpha value is -2.26. The molecule has 3 aliphatic heterocycles. The van der Waals surface area contributed by atoms with Crippen LogP contribution in [0.25, 0.3) is 10.9 Å². The van der Waals surface area contributed by atoms with Crippen molar-refractivity contribution in [1.29, 1.82) is 0 Å². The van der Waals surface area contributed by atoms with Crippen LogP contribution in [0.1, 0.15) is 25.1 Å². The number of carbonyl (C=O) groups is 1. The largest absolute Gasteiger partial charge is 0.333 e. The second-order valence-corrected chi connectivity index (χ2v) is 11.1. The van der Waals surface area contributed by atoms with Crippen molar-refractivity contribution in [3.8, 4) is 0 Å². The molecule has 0 saturated carbocycles. The molecular formula is C21H26N4O4S. The topological polar surface area (TPSA) is 92.6 Å². The Morgan fingerprint density at radius 2 is 1.97 bits per heavy atom. The minimum absolute atomic E-state index is 0.0136. The van der Waals surface area contributed by atoms with E-state index in [1.54, 1.807) is 10.6 Å². The van der Waals surface area contributed by atoms with E-state index in [1.165, 1.54) is 0 Å². The molecule has 2 aromatic rings. The number of carbonyl (C=O) groups excluding carboxylic acids is 1. The molecule has 30 heavy (non-hydrogen) atoms. The summed E-state index contributed by atoms with van der Waals surface area (Å²) >= 11 is 0. The molecule has 4 heterocycles. The smallest absolute Gasteiger partial charge is 0.261 e. The first kappa shape index (κ1) is 19.7. The van der Waals surface area contributed by atoms with Crippen LogP contribution >= 0.6 is 0 Å². The second kappa shape index (κ2) is 7.16. The molecule has 5 rings (SSSR count). The van der Waals surface area contributed by atoms with Gasteiger partial charge in [0.25, 0.3) is 5.56 Å². The van der Waals surface area contributed by atoms with Crippen molar-refractivity contribution in [2.45, 2.75) is 50.4 Å². The van der Waals surface area contributed by atoms with Crippen molar-refractivity contribution in [3.63, 3.8) is 0 Å². The van der Waals surface area contributed by atoms with Gasteiger partial charge in [-0.15, -0.1) is 0 Å². The summed E-state index contributed by atoms with van der Waals surface area (Å²) in [4.78, 5) is 34.8. The third-order valence-electron chi connectivity index (χ3n) is 6.88. The molecule has 1 amide bonds. The maximum atomic E-state index is 13.2. The molecule has 3 atom stereocenters. The van der Waals surface area contributed by atoms with Crippen LogP contribution in [-0.4, -0.2) is 76.9 Å². The molecule has 2 saturated heterocycles. The molecule has 8 nitrogen and oxygen atoms in total. The number of fused-ring (bicyclic) bond motifs is 4. The Kier molecular flexibility index (Phi) is 4.70. The molecule has 0 unspecified atom stereocenters. The van der Waals surface area contributed by atoms with E-state index in [4.69, 9.17) is 4.98 Å². The van der Waals surface area contributed by atoms with Gasteiger partial charge in [-0.1, -0.05) is 12.1 Å². The highest BCUT2D eigenvalue weighted by Gasteiger charge is 2.41. The monoisotopic (exact) mass is 430 g/mol. The highest BCUT2D eigenvalue weighted by Crippen LogP contribution is 2.31. The maximum Gasteiger partial charge on any atom is 0.261 e. The van der Waals surface area contributed by atoms with E-state index in [2.05, 4.69) is 0 Å². The zero-order valence-corrected chi connectivity index (χ0v) is 17.8. The Bertz CT molecular complexity index is 1180. The molecular weight excluding hydrogens is 404 g/mol. The summed E-state index contributed by atoms with van der Waals surface area (Å²) < 4.78 is 25.3. The first-order chi connectivity index (χ1) is 14.3. The number of hydrogen-bond donors (Lipinski definition) is 0. The van der Waals surface area contributed by atoms with E-state index in [1.807, 2.05) is 35.0 Å². The predicted octanol–water partition coefficient (Wildman–Crippen LogP) is 0.431. The fourth-order valence-corrected chi connectivity index (χ4v) is 7.08. The van der Waals surface area contributed by atoms with Crippen LogP contribution in [0.15, 0.2) is 29.1 Å². The first-order valence-corrected chi connectivity index (χ1v) is 12.3. The summed E-state index contributed by atoms with van der Waals surface area (Å²) in [6, 6.07) is 7.29. The summed E-state index contributed by atoms with van der Waals surface area (Å²) in [6.45, 7) is 0.670. The summed E-state index contributed by atoms with van der Waals surface area (Å²) in [5, 5.41) is 0.610. The van der Waals surface area contributed by atoms with Crippen molar-refractivity contribution in [1.82, 2.24) is 19.4 Å². The second-order valence-electron chi connectivity index (χ2n) is 8.82. The van der Waals surface area contributed by atoms with E-state index in [0.29, 0.717) is 30.3 Å². The molecule has 1 aromatic carbocycles. The quantitative estimate of drug-likeness (QED) is 0.701. The molecule has 9 heteroatoms. The van der Waals surface area contributed by atoms with Gasteiger partial charge in [-0.05, 0) is 38.4 Å². The minimum atomic E-state index is -2.99. The number of benzene rings is 1. The number of aromatic nitrogens is 2. The molecule has 0 spiro atoms. The van der Waals surface area contributed by atoms with Gasteiger partial charge in [-0.2, -0.15) is 0 Å². The van der Waals surface area contributed by atoms with Gasteiger partial charge in [0.05, 0.1) is 35.0 Å². The van der Waals surface area contributed by atoms with Crippen LogP contribution < -0.4 is 5.56 Å². The van der Waals surface area contributed by atoms with Gasteiger partial charge < -0.3 is 4.90 Å². The molecule has 0 N–H and O–H groups in total. The molecule has 0 radical (unpaired) electrons. The van der Waals surface area contributed by atoms with Gasteiger partial charge in [0.2, 0.25) is 5.91 Å². The van der Waals surface area contributed by atoms with Crippen LogP contribution in [0, 0.1) is 0 Å². The van der Waals surface area contributed by atoms with Crippen molar-refractivity contribution in [3.05, 3.63) is 40.4 Å². The highest BCUT2D eigenvalue weighted by molar-refractivity contribution is 7.91. The lowest BCUT2D eigenvalue weighted by molar-refractivity contribution is -0.135. The fraction of sp³-hybridized carbons (Fsp3) is 0.571. The summed E-state index contributed by atoms with van der Waals surface area (Å²) in [5.74, 6) is 1.09. The van der Waals surface area contributed by atoms with E-state index in [0.717, 1.165) is 18.7 Å².